The molecule has 0 fully saturated rings. The number of rotatable bonds is 6. The Hall–Kier alpha value is -4.41. The average Bonchev–Trinajstić information content (AvgIpc) is 3.42. The van der Waals surface area contributed by atoms with E-state index in [1.165, 1.54) is 13.2 Å². The molecule has 0 spiro atoms. The second-order valence-corrected chi connectivity index (χ2v) is 8.28. The zero-order chi connectivity index (χ0) is 28.0. The Morgan fingerprint density at radius 1 is 1.16 bits per heavy atom. The Kier molecular flexibility index (Phi) is 6.42. The standard InChI is InChI=1S/C21H18F6N8O3/c1-19(37,21(25,26)27)7-34-6-14(31-9-34)33-17(36)11-3-10(5-29-18(11)38-2)13-4-12(20(22,23)24)15-16(28)30-8-32-35(13)15/h3-6,8-9,37H,7H2,1-2H3,(H,33,36)(H2,28,30,32). The summed E-state index contributed by atoms with van der Waals surface area (Å²) in [5.41, 5.74) is 0.708. The van der Waals surface area contributed by atoms with Crippen molar-refractivity contribution in [3.63, 3.8) is 0 Å². The molecule has 1 amide bonds. The fraction of sp³-hybridized carbons (Fsp3) is 0.286. The number of carbonyl (C=O) groups is 1. The summed E-state index contributed by atoms with van der Waals surface area (Å²) < 4.78 is 86.7. The molecule has 0 radical (unpaired) electrons. The van der Waals surface area contributed by atoms with Gasteiger partial charge in [-0.25, -0.2) is 19.5 Å². The summed E-state index contributed by atoms with van der Waals surface area (Å²) >= 11 is 0. The number of alkyl halides is 6. The zero-order valence-electron chi connectivity index (χ0n) is 19.5. The number of aromatic nitrogens is 6. The Bertz CT molecular complexity index is 1510. The van der Waals surface area contributed by atoms with Crippen LogP contribution in [-0.2, 0) is 12.7 Å². The molecule has 0 aromatic carbocycles. The number of nitrogen functional groups attached to an aromatic ring is 1. The van der Waals surface area contributed by atoms with Crippen LogP contribution in [0, 0.1) is 0 Å². The van der Waals surface area contributed by atoms with Crippen LogP contribution in [0.4, 0.5) is 38.0 Å². The van der Waals surface area contributed by atoms with Crippen LogP contribution in [0.3, 0.4) is 0 Å². The molecule has 1 unspecified atom stereocenters. The van der Waals surface area contributed by atoms with E-state index in [1.807, 2.05) is 0 Å². The van der Waals surface area contributed by atoms with Crippen molar-refractivity contribution in [2.24, 2.45) is 0 Å². The molecule has 1 atom stereocenters. The monoisotopic (exact) mass is 544 g/mol. The second-order valence-electron chi connectivity index (χ2n) is 8.28. The van der Waals surface area contributed by atoms with Crippen molar-refractivity contribution < 1.29 is 41.0 Å². The van der Waals surface area contributed by atoms with Crippen LogP contribution in [-0.4, -0.2) is 59.0 Å². The maximum absolute atomic E-state index is 13.7. The number of methoxy groups -OCH3 is 1. The molecule has 4 aromatic rings. The van der Waals surface area contributed by atoms with Crippen molar-refractivity contribution >= 4 is 23.1 Å². The van der Waals surface area contributed by atoms with E-state index in [2.05, 4.69) is 25.4 Å². The molecule has 4 rings (SSSR count). The summed E-state index contributed by atoms with van der Waals surface area (Å²) in [5, 5.41) is 15.8. The number of nitrogens with one attached hydrogen (secondary N) is 1. The molecule has 0 aliphatic heterocycles. The van der Waals surface area contributed by atoms with Gasteiger partial charge >= 0.3 is 12.4 Å². The quantitative estimate of drug-likeness (QED) is 0.314. The van der Waals surface area contributed by atoms with Crippen molar-refractivity contribution in [3.8, 4) is 17.1 Å². The van der Waals surface area contributed by atoms with Gasteiger partial charge in [0.05, 0.1) is 31.2 Å². The molecule has 4 N–H and O–H groups in total. The molecular weight excluding hydrogens is 526 g/mol. The summed E-state index contributed by atoms with van der Waals surface area (Å²) in [6.07, 6.45) is -5.56. The normalized spacial score (nSPS) is 13.9. The summed E-state index contributed by atoms with van der Waals surface area (Å²) in [6, 6.07) is 1.96. The molecule has 0 bridgehead atoms. The first kappa shape index (κ1) is 26.6. The second kappa shape index (κ2) is 9.16. The summed E-state index contributed by atoms with van der Waals surface area (Å²) in [5.74, 6) is -1.67. The molecule has 202 valence electrons. The van der Waals surface area contributed by atoms with Gasteiger partial charge in [-0.2, -0.15) is 31.4 Å². The molecule has 0 aliphatic carbocycles. The number of fused-ring (bicyclic) bond motifs is 1. The first-order valence-corrected chi connectivity index (χ1v) is 10.5. The molecule has 0 saturated carbocycles. The van der Waals surface area contributed by atoms with E-state index >= 15 is 0 Å². The Morgan fingerprint density at radius 3 is 2.50 bits per heavy atom. The third-order valence-corrected chi connectivity index (χ3v) is 5.45. The number of aliphatic hydroxyl groups is 1. The third-order valence-electron chi connectivity index (χ3n) is 5.45. The molecule has 4 aromatic heterocycles. The van der Waals surface area contributed by atoms with Crippen LogP contribution in [0.5, 0.6) is 5.88 Å². The van der Waals surface area contributed by atoms with Gasteiger partial charge < -0.3 is 25.5 Å². The Morgan fingerprint density at radius 2 is 1.87 bits per heavy atom. The predicted molar refractivity (Wildman–Crippen MR) is 119 cm³/mol. The molecule has 17 heteroatoms. The van der Waals surface area contributed by atoms with Gasteiger partial charge in [-0.15, -0.1) is 0 Å². The number of carbonyl (C=O) groups excluding carboxylic acids is 1. The molecule has 0 aliphatic rings. The largest absolute Gasteiger partial charge is 0.480 e. The van der Waals surface area contributed by atoms with Gasteiger partial charge in [0.25, 0.3) is 5.91 Å². The lowest BCUT2D eigenvalue weighted by Gasteiger charge is -2.26. The van der Waals surface area contributed by atoms with Crippen LogP contribution >= 0.6 is 0 Å². The molecular formula is C21H18F6N8O3. The zero-order valence-corrected chi connectivity index (χ0v) is 19.5. The van der Waals surface area contributed by atoms with E-state index in [9.17, 15) is 36.2 Å². The highest BCUT2D eigenvalue weighted by atomic mass is 19.4. The van der Waals surface area contributed by atoms with Crippen LogP contribution in [0.15, 0.2) is 37.2 Å². The number of amides is 1. The maximum atomic E-state index is 13.7. The molecule has 38 heavy (non-hydrogen) atoms. The number of nitrogens with two attached hydrogens (primary N) is 1. The van der Waals surface area contributed by atoms with Gasteiger partial charge in [-0.1, -0.05) is 0 Å². The minimum atomic E-state index is -4.91. The topological polar surface area (TPSA) is 145 Å². The predicted octanol–water partition coefficient (Wildman–Crippen LogP) is 3.16. The van der Waals surface area contributed by atoms with E-state index < -0.39 is 47.3 Å². The number of hydrogen-bond acceptors (Lipinski definition) is 8. The van der Waals surface area contributed by atoms with Gasteiger partial charge in [-0.3, -0.25) is 4.79 Å². The lowest BCUT2D eigenvalue weighted by molar-refractivity contribution is -0.257. The summed E-state index contributed by atoms with van der Waals surface area (Å²) in [4.78, 5) is 24.4. The van der Waals surface area contributed by atoms with Crippen molar-refractivity contribution in [1.82, 2.24) is 29.1 Å². The van der Waals surface area contributed by atoms with Gasteiger partial charge in [0.1, 0.15) is 17.4 Å². The number of pyridine rings is 1. The van der Waals surface area contributed by atoms with E-state index in [0.29, 0.717) is 6.92 Å². The Labute approximate surface area is 208 Å². The number of hydrogen-bond donors (Lipinski definition) is 3. The van der Waals surface area contributed by atoms with Crippen LogP contribution in [0.2, 0.25) is 0 Å². The third kappa shape index (κ3) is 4.91. The minimum Gasteiger partial charge on any atom is -0.480 e. The molecule has 11 nitrogen and oxygen atoms in total. The van der Waals surface area contributed by atoms with Crippen molar-refractivity contribution in [1.29, 1.82) is 0 Å². The van der Waals surface area contributed by atoms with E-state index in [-0.39, 0.29) is 28.5 Å². The maximum Gasteiger partial charge on any atom is 0.418 e. The molecule has 4 heterocycles. The lowest BCUT2D eigenvalue weighted by atomic mass is 10.1. The highest BCUT2D eigenvalue weighted by Gasteiger charge is 2.50. The first-order valence-electron chi connectivity index (χ1n) is 10.5. The molecule has 0 saturated heterocycles. The van der Waals surface area contributed by atoms with Crippen LogP contribution in [0.1, 0.15) is 22.8 Å². The summed E-state index contributed by atoms with van der Waals surface area (Å²) in [7, 11) is 1.20. The van der Waals surface area contributed by atoms with Gasteiger partial charge in [0.2, 0.25) is 5.88 Å². The number of imidazole rings is 1. The Balaban J connectivity index is 1.68. The highest BCUT2D eigenvalue weighted by molar-refractivity contribution is 6.06. The lowest BCUT2D eigenvalue weighted by Crippen LogP contribution is -2.45. The van der Waals surface area contributed by atoms with Crippen LogP contribution < -0.4 is 15.8 Å². The van der Waals surface area contributed by atoms with Crippen LogP contribution in [0.25, 0.3) is 16.8 Å². The van der Waals surface area contributed by atoms with Crippen molar-refractivity contribution in [3.05, 3.63) is 48.3 Å². The van der Waals surface area contributed by atoms with E-state index in [1.54, 1.807) is 0 Å². The number of halogens is 6. The SMILES string of the molecule is COc1ncc(-c2cc(C(F)(F)F)c3c(N)ncnn23)cc1C(=O)Nc1cn(CC(C)(O)C(F)(F)F)cn1. The number of nitrogens with zero attached hydrogens (tertiary/aromatic N) is 6. The van der Waals surface area contributed by atoms with Crippen molar-refractivity contribution in [2.75, 3.05) is 18.2 Å². The minimum absolute atomic E-state index is 0.0336. The van der Waals surface area contributed by atoms with Crippen molar-refractivity contribution in [2.45, 2.75) is 31.4 Å². The number of ether oxygens (including phenoxy) is 1. The van der Waals surface area contributed by atoms with E-state index in [4.69, 9.17) is 10.5 Å². The summed E-state index contributed by atoms with van der Waals surface area (Å²) in [6.45, 7) is -0.311. The van der Waals surface area contributed by atoms with Gasteiger partial charge in [0, 0.05) is 18.0 Å². The average molecular weight is 544 g/mol. The first-order chi connectivity index (χ1) is 17.6. The fourth-order valence-electron chi connectivity index (χ4n) is 3.55. The van der Waals surface area contributed by atoms with Gasteiger partial charge in [0.15, 0.2) is 17.2 Å². The smallest absolute Gasteiger partial charge is 0.418 e. The fourth-order valence-corrected chi connectivity index (χ4v) is 3.55. The van der Waals surface area contributed by atoms with Gasteiger partial charge in [-0.05, 0) is 19.1 Å². The number of anilines is 2. The highest BCUT2D eigenvalue weighted by Crippen LogP contribution is 2.39. The van der Waals surface area contributed by atoms with E-state index in [0.717, 1.165) is 40.2 Å².